The second-order valence-electron chi connectivity index (χ2n) is 12.8. The SMILES string of the molecule is CCOC1(O)C=CC(C(OC(C2=CCC(O)(OCC)C=C2)(c2ccccc2)c2ccccc2C)(c2ccccc2)c2ccccc2C)=CC1. The molecule has 0 bridgehead atoms. The van der Waals surface area contributed by atoms with Gasteiger partial charge in [-0.3, -0.25) is 0 Å². The van der Waals surface area contributed by atoms with E-state index >= 15 is 0 Å². The van der Waals surface area contributed by atoms with Gasteiger partial charge in [0.25, 0.3) is 0 Å². The largest absolute Gasteiger partial charge is 0.362 e. The molecular weight excluding hydrogens is 608 g/mol. The fourth-order valence-electron chi connectivity index (χ4n) is 7.27. The molecule has 0 saturated carbocycles. The van der Waals surface area contributed by atoms with Crippen molar-refractivity contribution in [3.8, 4) is 0 Å². The Hall–Kier alpha value is -4.36. The van der Waals surface area contributed by atoms with Crippen LogP contribution < -0.4 is 0 Å². The van der Waals surface area contributed by atoms with Gasteiger partial charge < -0.3 is 24.4 Å². The van der Waals surface area contributed by atoms with Crippen LogP contribution in [0.25, 0.3) is 0 Å². The summed E-state index contributed by atoms with van der Waals surface area (Å²) in [6.07, 6.45) is 12.0. The van der Waals surface area contributed by atoms with Crippen LogP contribution in [0.5, 0.6) is 0 Å². The summed E-state index contributed by atoms with van der Waals surface area (Å²) in [5.41, 5.74) is 5.29. The van der Waals surface area contributed by atoms with Crippen molar-refractivity contribution in [3.63, 3.8) is 0 Å². The van der Waals surface area contributed by atoms with Crippen molar-refractivity contribution in [1.82, 2.24) is 0 Å². The minimum absolute atomic E-state index is 0.253. The van der Waals surface area contributed by atoms with Gasteiger partial charge in [0.1, 0.15) is 11.2 Å². The molecule has 0 saturated heterocycles. The molecule has 4 aromatic carbocycles. The van der Waals surface area contributed by atoms with Crippen LogP contribution in [0.15, 0.2) is 157 Å². The van der Waals surface area contributed by atoms with Gasteiger partial charge in [-0.15, -0.1) is 0 Å². The summed E-state index contributed by atoms with van der Waals surface area (Å²) in [6, 6.07) is 37.3. The van der Waals surface area contributed by atoms with Gasteiger partial charge in [0.05, 0.1) is 0 Å². The molecular formula is C44H46O5. The first-order chi connectivity index (χ1) is 23.7. The zero-order valence-corrected chi connectivity index (χ0v) is 28.8. The summed E-state index contributed by atoms with van der Waals surface area (Å²) in [6.45, 7) is 8.73. The standard InChI is InChI=1S/C44H46O5/c1-5-47-41(45)29-25-37(26-30-41)43(35-19-9-7-10-20-35,39-23-15-13-17-33(39)3)49-44(36-21-11-8-12-22-36,40-24-16-14-18-34(40)4)38-27-31-42(46,32-28-38)48-6-2/h7-29,31,45-46H,5-6,30,32H2,1-4H3. The van der Waals surface area contributed by atoms with Crippen LogP contribution in [-0.4, -0.2) is 35.0 Å². The summed E-state index contributed by atoms with van der Waals surface area (Å²) in [5, 5.41) is 22.6. The minimum atomic E-state index is -1.42. The number of hydrogen-bond acceptors (Lipinski definition) is 5. The molecule has 0 amide bonds. The molecule has 252 valence electrons. The lowest BCUT2D eigenvalue weighted by Crippen LogP contribution is -2.47. The molecule has 5 nitrogen and oxygen atoms in total. The van der Waals surface area contributed by atoms with Crippen LogP contribution in [0, 0.1) is 13.8 Å². The molecule has 0 radical (unpaired) electrons. The highest BCUT2D eigenvalue weighted by Gasteiger charge is 2.52. The number of rotatable bonds is 12. The number of ether oxygens (including phenoxy) is 3. The van der Waals surface area contributed by atoms with Gasteiger partial charge in [-0.1, -0.05) is 133 Å². The van der Waals surface area contributed by atoms with E-state index in [4.69, 9.17) is 14.2 Å². The number of hydrogen-bond donors (Lipinski definition) is 2. The molecule has 4 atom stereocenters. The maximum Gasteiger partial charge on any atom is 0.189 e. The fraction of sp³-hybridized carbons (Fsp3) is 0.273. The minimum Gasteiger partial charge on any atom is -0.362 e. The third-order valence-corrected chi connectivity index (χ3v) is 9.59. The van der Waals surface area contributed by atoms with E-state index in [2.05, 4.69) is 62.4 Å². The first-order valence-corrected chi connectivity index (χ1v) is 17.2. The molecule has 2 aliphatic rings. The van der Waals surface area contributed by atoms with Crippen molar-refractivity contribution >= 4 is 0 Å². The molecule has 4 unspecified atom stereocenters. The first-order valence-electron chi connectivity index (χ1n) is 17.2. The summed E-state index contributed by atoms with van der Waals surface area (Å²) in [5.74, 6) is -2.84. The highest BCUT2D eigenvalue weighted by Crippen LogP contribution is 2.54. The van der Waals surface area contributed by atoms with Crippen molar-refractivity contribution < 1.29 is 24.4 Å². The van der Waals surface area contributed by atoms with Crippen molar-refractivity contribution in [2.45, 2.75) is 63.3 Å². The Bertz CT molecular complexity index is 1740. The van der Waals surface area contributed by atoms with E-state index in [1.807, 2.05) is 98.8 Å². The predicted octanol–water partition coefficient (Wildman–Crippen LogP) is 8.73. The van der Waals surface area contributed by atoms with Crippen LogP contribution >= 0.6 is 0 Å². The van der Waals surface area contributed by atoms with Gasteiger partial charge in [0, 0.05) is 26.1 Å². The Labute approximate surface area is 290 Å². The Balaban J connectivity index is 1.72. The van der Waals surface area contributed by atoms with E-state index in [1.165, 1.54) is 0 Å². The second-order valence-corrected chi connectivity index (χ2v) is 12.8. The smallest absolute Gasteiger partial charge is 0.189 e. The lowest BCUT2D eigenvalue weighted by atomic mass is 9.71. The Morgan fingerprint density at radius 1 is 0.551 bits per heavy atom. The number of aryl methyl sites for hydroxylation is 2. The van der Waals surface area contributed by atoms with Gasteiger partial charge in [-0.2, -0.15) is 0 Å². The monoisotopic (exact) mass is 654 g/mol. The summed E-state index contributed by atoms with van der Waals surface area (Å²) < 4.78 is 19.8. The van der Waals surface area contributed by atoms with Gasteiger partial charge in [0.15, 0.2) is 11.6 Å². The molecule has 49 heavy (non-hydrogen) atoms. The molecule has 0 aliphatic heterocycles. The van der Waals surface area contributed by atoms with Crippen LogP contribution in [0.3, 0.4) is 0 Å². The number of benzene rings is 4. The molecule has 6 rings (SSSR count). The van der Waals surface area contributed by atoms with Gasteiger partial charge in [0.2, 0.25) is 0 Å². The molecule has 2 N–H and O–H groups in total. The second kappa shape index (κ2) is 14.2. The van der Waals surface area contributed by atoms with Crippen LogP contribution in [0.2, 0.25) is 0 Å². The zero-order chi connectivity index (χ0) is 34.5. The van der Waals surface area contributed by atoms with Crippen LogP contribution in [-0.2, 0) is 25.4 Å². The molecule has 2 aliphatic carbocycles. The molecule has 4 aromatic rings. The zero-order valence-electron chi connectivity index (χ0n) is 28.8. The normalized spacial score (nSPS) is 22.9. The average molecular weight is 655 g/mol. The van der Waals surface area contributed by atoms with E-state index < -0.39 is 22.8 Å². The van der Waals surface area contributed by atoms with Crippen molar-refractivity contribution in [1.29, 1.82) is 0 Å². The summed E-state index contributed by atoms with van der Waals surface area (Å²) >= 11 is 0. The topological polar surface area (TPSA) is 68.2 Å². The predicted molar refractivity (Wildman–Crippen MR) is 195 cm³/mol. The lowest BCUT2D eigenvalue weighted by molar-refractivity contribution is -0.162. The summed E-state index contributed by atoms with van der Waals surface area (Å²) in [4.78, 5) is 0. The maximum absolute atomic E-state index is 11.3. The fourth-order valence-corrected chi connectivity index (χ4v) is 7.27. The molecule has 5 heteroatoms. The Kier molecular flexibility index (Phi) is 10.0. The van der Waals surface area contributed by atoms with E-state index in [-0.39, 0.29) is 12.8 Å². The third kappa shape index (κ3) is 6.53. The van der Waals surface area contributed by atoms with E-state index in [9.17, 15) is 10.2 Å². The highest BCUT2D eigenvalue weighted by molar-refractivity contribution is 5.58. The quantitative estimate of drug-likeness (QED) is 0.150. The molecule has 0 aromatic heterocycles. The maximum atomic E-state index is 11.3. The summed E-state index contributed by atoms with van der Waals surface area (Å²) in [7, 11) is 0. The molecule has 0 fully saturated rings. The van der Waals surface area contributed by atoms with Crippen LogP contribution in [0.4, 0.5) is 0 Å². The van der Waals surface area contributed by atoms with E-state index in [1.54, 1.807) is 12.2 Å². The van der Waals surface area contributed by atoms with Gasteiger partial charge in [-0.25, -0.2) is 0 Å². The van der Waals surface area contributed by atoms with Crippen LogP contribution in [0.1, 0.15) is 60.1 Å². The Morgan fingerprint density at radius 2 is 0.918 bits per heavy atom. The van der Waals surface area contributed by atoms with Crippen molar-refractivity contribution in [2.24, 2.45) is 0 Å². The first kappa shape index (κ1) is 34.5. The van der Waals surface area contributed by atoms with Crippen molar-refractivity contribution in [3.05, 3.63) is 190 Å². The van der Waals surface area contributed by atoms with E-state index in [0.29, 0.717) is 13.2 Å². The third-order valence-electron chi connectivity index (χ3n) is 9.59. The van der Waals surface area contributed by atoms with Crippen molar-refractivity contribution in [2.75, 3.05) is 13.2 Å². The van der Waals surface area contributed by atoms with Gasteiger partial charge in [-0.05, 0) is 84.4 Å². The number of aliphatic hydroxyl groups is 2. The molecule has 0 heterocycles. The van der Waals surface area contributed by atoms with E-state index in [0.717, 1.165) is 44.5 Å². The van der Waals surface area contributed by atoms with Gasteiger partial charge >= 0.3 is 0 Å². The molecule has 0 spiro atoms. The lowest BCUT2D eigenvalue weighted by Gasteiger charge is -2.49. The average Bonchev–Trinajstić information content (AvgIpc) is 3.12. The highest BCUT2D eigenvalue weighted by atomic mass is 16.6. The Morgan fingerprint density at radius 3 is 1.24 bits per heavy atom.